The zero-order chi connectivity index (χ0) is 18.8. The number of aryl methyl sites for hydroxylation is 1. The fourth-order valence-electron chi connectivity index (χ4n) is 2.59. The first-order chi connectivity index (χ1) is 12.6. The van der Waals surface area contributed by atoms with Gasteiger partial charge in [0.25, 0.3) is 0 Å². The SMILES string of the molecule is CCCCCOc1ccc(/C=C/C(=O)NC(C)c2ccc(C)cc2)cc1. The van der Waals surface area contributed by atoms with Crippen LogP contribution < -0.4 is 10.1 Å². The van der Waals surface area contributed by atoms with Gasteiger partial charge in [0.1, 0.15) is 5.75 Å². The van der Waals surface area contributed by atoms with E-state index in [0.717, 1.165) is 29.9 Å². The number of rotatable bonds is 9. The van der Waals surface area contributed by atoms with Gasteiger partial charge < -0.3 is 10.1 Å². The first-order valence-corrected chi connectivity index (χ1v) is 9.36. The van der Waals surface area contributed by atoms with E-state index >= 15 is 0 Å². The molecule has 3 heteroatoms. The van der Waals surface area contributed by atoms with Gasteiger partial charge in [-0.05, 0) is 49.6 Å². The van der Waals surface area contributed by atoms with Gasteiger partial charge in [-0.2, -0.15) is 0 Å². The largest absolute Gasteiger partial charge is 0.494 e. The Labute approximate surface area is 157 Å². The predicted octanol–water partition coefficient (Wildman–Crippen LogP) is 5.45. The molecule has 1 atom stereocenters. The molecule has 2 aromatic carbocycles. The molecular formula is C23H29NO2. The van der Waals surface area contributed by atoms with Gasteiger partial charge in [-0.15, -0.1) is 0 Å². The van der Waals surface area contributed by atoms with Crippen LogP contribution in [0.5, 0.6) is 5.75 Å². The minimum Gasteiger partial charge on any atom is -0.494 e. The molecule has 0 fully saturated rings. The maximum atomic E-state index is 12.1. The van der Waals surface area contributed by atoms with E-state index in [-0.39, 0.29) is 11.9 Å². The fourth-order valence-corrected chi connectivity index (χ4v) is 2.59. The number of carbonyl (C=O) groups is 1. The second kappa shape index (κ2) is 10.4. The predicted molar refractivity (Wildman–Crippen MR) is 108 cm³/mol. The quantitative estimate of drug-likeness (QED) is 0.481. The van der Waals surface area contributed by atoms with Crippen molar-refractivity contribution < 1.29 is 9.53 Å². The van der Waals surface area contributed by atoms with Crippen molar-refractivity contribution in [3.8, 4) is 5.75 Å². The summed E-state index contributed by atoms with van der Waals surface area (Å²) in [6.07, 6.45) is 6.85. The third kappa shape index (κ3) is 6.75. The van der Waals surface area contributed by atoms with Gasteiger partial charge in [-0.25, -0.2) is 0 Å². The van der Waals surface area contributed by atoms with Gasteiger partial charge in [0, 0.05) is 6.08 Å². The molecule has 0 saturated heterocycles. The summed E-state index contributed by atoms with van der Waals surface area (Å²) >= 11 is 0. The van der Waals surface area contributed by atoms with Crippen LogP contribution in [-0.2, 0) is 4.79 Å². The standard InChI is InChI=1S/C23H29NO2/c1-4-5-6-17-26-22-14-9-20(10-15-22)11-16-23(25)24-19(3)21-12-7-18(2)8-13-21/h7-16,19H,4-6,17H2,1-3H3,(H,24,25)/b16-11+. The fraction of sp³-hybridized carbons (Fsp3) is 0.348. The average molecular weight is 351 g/mol. The molecule has 2 rings (SSSR count). The van der Waals surface area contributed by atoms with Crippen LogP contribution in [0.4, 0.5) is 0 Å². The van der Waals surface area contributed by atoms with Crippen molar-refractivity contribution in [3.63, 3.8) is 0 Å². The van der Waals surface area contributed by atoms with E-state index in [1.807, 2.05) is 49.4 Å². The summed E-state index contributed by atoms with van der Waals surface area (Å²) in [6, 6.07) is 16.0. The summed E-state index contributed by atoms with van der Waals surface area (Å²) in [5.41, 5.74) is 3.29. The molecule has 1 N–H and O–H groups in total. The van der Waals surface area contributed by atoms with Crippen molar-refractivity contribution in [2.45, 2.75) is 46.1 Å². The first kappa shape index (κ1) is 19.8. The minimum absolute atomic E-state index is 0.0216. The highest BCUT2D eigenvalue weighted by Gasteiger charge is 2.06. The monoisotopic (exact) mass is 351 g/mol. The summed E-state index contributed by atoms with van der Waals surface area (Å²) < 4.78 is 5.70. The smallest absolute Gasteiger partial charge is 0.244 e. The summed E-state index contributed by atoms with van der Waals surface area (Å²) in [5, 5.41) is 2.99. The van der Waals surface area contributed by atoms with E-state index < -0.39 is 0 Å². The molecular weight excluding hydrogens is 322 g/mol. The van der Waals surface area contributed by atoms with Crippen LogP contribution in [0.25, 0.3) is 6.08 Å². The zero-order valence-corrected chi connectivity index (χ0v) is 16.0. The Kier molecular flexibility index (Phi) is 7.94. The number of hydrogen-bond donors (Lipinski definition) is 1. The van der Waals surface area contributed by atoms with Crippen LogP contribution in [0.3, 0.4) is 0 Å². The van der Waals surface area contributed by atoms with Crippen LogP contribution in [0, 0.1) is 6.92 Å². The van der Waals surface area contributed by atoms with Crippen LogP contribution in [0.1, 0.15) is 55.8 Å². The van der Waals surface area contributed by atoms with Gasteiger partial charge >= 0.3 is 0 Å². The van der Waals surface area contributed by atoms with Crippen molar-refractivity contribution in [1.82, 2.24) is 5.32 Å². The van der Waals surface area contributed by atoms with E-state index in [4.69, 9.17) is 4.74 Å². The highest BCUT2D eigenvalue weighted by Crippen LogP contribution is 2.15. The molecule has 0 radical (unpaired) electrons. The van der Waals surface area contributed by atoms with E-state index in [0.29, 0.717) is 0 Å². The number of ether oxygens (including phenoxy) is 1. The maximum Gasteiger partial charge on any atom is 0.244 e. The van der Waals surface area contributed by atoms with Crippen molar-refractivity contribution in [2.75, 3.05) is 6.61 Å². The Morgan fingerprint density at radius 3 is 2.42 bits per heavy atom. The Morgan fingerprint density at radius 1 is 1.08 bits per heavy atom. The Hall–Kier alpha value is -2.55. The number of benzene rings is 2. The third-order valence-electron chi connectivity index (χ3n) is 4.26. The molecule has 0 aromatic heterocycles. The molecule has 26 heavy (non-hydrogen) atoms. The summed E-state index contributed by atoms with van der Waals surface area (Å²) in [4.78, 5) is 12.1. The van der Waals surface area contributed by atoms with E-state index in [1.54, 1.807) is 6.08 Å². The normalized spacial score (nSPS) is 12.1. The van der Waals surface area contributed by atoms with Gasteiger partial charge in [-0.1, -0.05) is 61.7 Å². The Morgan fingerprint density at radius 2 is 1.77 bits per heavy atom. The van der Waals surface area contributed by atoms with Gasteiger partial charge in [0.15, 0.2) is 0 Å². The third-order valence-corrected chi connectivity index (χ3v) is 4.26. The number of amides is 1. The minimum atomic E-state index is -0.0991. The molecule has 0 spiro atoms. The molecule has 1 unspecified atom stereocenters. The van der Waals surface area contributed by atoms with Crippen molar-refractivity contribution >= 4 is 12.0 Å². The second-order valence-corrected chi connectivity index (χ2v) is 6.60. The first-order valence-electron chi connectivity index (χ1n) is 9.36. The van der Waals surface area contributed by atoms with Gasteiger partial charge in [0.05, 0.1) is 12.6 Å². The lowest BCUT2D eigenvalue weighted by molar-refractivity contribution is -0.117. The molecule has 0 aliphatic carbocycles. The molecule has 1 amide bonds. The topological polar surface area (TPSA) is 38.3 Å². The lowest BCUT2D eigenvalue weighted by Gasteiger charge is -2.13. The van der Waals surface area contributed by atoms with Crippen molar-refractivity contribution in [1.29, 1.82) is 0 Å². The number of nitrogens with one attached hydrogen (secondary N) is 1. The molecule has 2 aromatic rings. The molecule has 3 nitrogen and oxygen atoms in total. The maximum absolute atomic E-state index is 12.1. The van der Waals surface area contributed by atoms with E-state index in [1.165, 1.54) is 18.4 Å². The summed E-state index contributed by atoms with van der Waals surface area (Å²) in [6.45, 7) is 6.97. The zero-order valence-electron chi connectivity index (χ0n) is 16.0. The van der Waals surface area contributed by atoms with Crippen LogP contribution >= 0.6 is 0 Å². The number of hydrogen-bond acceptors (Lipinski definition) is 2. The Bertz CT molecular complexity index is 702. The summed E-state index contributed by atoms with van der Waals surface area (Å²) in [7, 11) is 0. The van der Waals surface area contributed by atoms with Gasteiger partial charge in [-0.3, -0.25) is 4.79 Å². The second-order valence-electron chi connectivity index (χ2n) is 6.60. The average Bonchev–Trinajstić information content (AvgIpc) is 2.65. The lowest BCUT2D eigenvalue weighted by Crippen LogP contribution is -2.24. The molecule has 0 heterocycles. The van der Waals surface area contributed by atoms with Crippen molar-refractivity contribution in [2.24, 2.45) is 0 Å². The lowest BCUT2D eigenvalue weighted by atomic mass is 10.1. The highest BCUT2D eigenvalue weighted by atomic mass is 16.5. The molecule has 0 aliphatic heterocycles. The van der Waals surface area contributed by atoms with E-state index in [2.05, 4.69) is 31.3 Å². The molecule has 138 valence electrons. The summed E-state index contributed by atoms with van der Waals surface area (Å²) in [5.74, 6) is 0.772. The number of carbonyl (C=O) groups excluding carboxylic acids is 1. The number of unbranched alkanes of at least 4 members (excludes halogenated alkanes) is 2. The molecule has 0 saturated carbocycles. The Balaban J connectivity index is 1.82. The molecule has 0 aliphatic rings. The molecule has 0 bridgehead atoms. The van der Waals surface area contributed by atoms with Gasteiger partial charge in [0.2, 0.25) is 5.91 Å². The van der Waals surface area contributed by atoms with Crippen LogP contribution in [0.15, 0.2) is 54.6 Å². The van der Waals surface area contributed by atoms with Crippen LogP contribution in [-0.4, -0.2) is 12.5 Å². The van der Waals surface area contributed by atoms with Crippen LogP contribution in [0.2, 0.25) is 0 Å². The van der Waals surface area contributed by atoms with E-state index in [9.17, 15) is 4.79 Å². The van der Waals surface area contributed by atoms with Crippen molar-refractivity contribution in [3.05, 3.63) is 71.3 Å². The highest BCUT2D eigenvalue weighted by molar-refractivity contribution is 5.91.